The van der Waals surface area contributed by atoms with E-state index in [0.29, 0.717) is 17.1 Å². The molecule has 146 valence electrons. The van der Waals surface area contributed by atoms with Gasteiger partial charge in [0.2, 0.25) is 0 Å². The van der Waals surface area contributed by atoms with Crippen LogP contribution in [0.2, 0.25) is 0 Å². The van der Waals surface area contributed by atoms with Gasteiger partial charge in [0.05, 0.1) is 27.3 Å². The number of carbonyl (C=O) groups excluding carboxylic acids is 1. The fourth-order valence-corrected chi connectivity index (χ4v) is 4.26. The van der Waals surface area contributed by atoms with E-state index in [1.54, 1.807) is 11.3 Å². The predicted octanol–water partition coefficient (Wildman–Crippen LogP) is 2.44. The Hall–Kier alpha value is -2.84. The first kappa shape index (κ1) is 18.5. The molecule has 0 amide bonds. The molecule has 3 heterocycles. The van der Waals surface area contributed by atoms with Crippen molar-refractivity contribution in [2.24, 2.45) is 5.73 Å². The largest absolute Gasteiger partial charge is 0.397 e. The van der Waals surface area contributed by atoms with Gasteiger partial charge in [0.1, 0.15) is 5.82 Å². The van der Waals surface area contributed by atoms with Crippen LogP contribution in [-0.4, -0.2) is 61.4 Å². The number of nitrogens with zero attached hydrogens (tertiary/aromatic N) is 3. The number of piperazine rings is 1. The van der Waals surface area contributed by atoms with Crippen LogP contribution in [0.5, 0.6) is 0 Å². The third-order valence-electron chi connectivity index (χ3n) is 5.18. The summed E-state index contributed by atoms with van der Waals surface area (Å²) in [5.41, 5.74) is 10.8. The van der Waals surface area contributed by atoms with Crippen LogP contribution >= 0.6 is 11.3 Å². The highest BCUT2D eigenvalue weighted by Gasteiger charge is 2.18. The molecule has 1 saturated heterocycles. The number of aromatic amines is 1. The van der Waals surface area contributed by atoms with E-state index < -0.39 is 0 Å². The standard InChI is InChI=1S/C20H24N6OS/c1-22-20-14(5-10-28-20)18(21)15(12-27)19-23-16-4-3-13(11-17(16)24-19)26-8-6-25(2)7-9-26/h3-5,10-12,22H,6-9,21H2,1-2H3,(H,23,24)/b18-15-. The smallest absolute Gasteiger partial charge is 0.155 e. The minimum atomic E-state index is 0.368. The van der Waals surface area contributed by atoms with E-state index in [-0.39, 0.29) is 0 Å². The van der Waals surface area contributed by atoms with Gasteiger partial charge in [-0.15, -0.1) is 11.3 Å². The molecule has 2 aromatic heterocycles. The zero-order chi connectivity index (χ0) is 19.7. The second-order valence-electron chi connectivity index (χ2n) is 6.94. The number of nitrogens with two attached hydrogens (primary N) is 1. The Balaban J connectivity index is 1.70. The van der Waals surface area contributed by atoms with Crippen molar-refractivity contribution in [1.82, 2.24) is 14.9 Å². The molecule has 1 aliphatic heterocycles. The number of allylic oxidation sites excluding steroid dienone is 1. The average Bonchev–Trinajstić information content (AvgIpc) is 3.35. The van der Waals surface area contributed by atoms with Gasteiger partial charge < -0.3 is 25.8 Å². The topological polar surface area (TPSA) is 90.3 Å². The minimum Gasteiger partial charge on any atom is -0.397 e. The number of likely N-dealkylation sites (N-methyl/N-ethyl adjacent to an activating group) is 1. The van der Waals surface area contributed by atoms with Crippen molar-refractivity contribution in [3.05, 3.63) is 41.0 Å². The van der Waals surface area contributed by atoms with Gasteiger partial charge in [-0.1, -0.05) is 0 Å². The Morgan fingerprint density at radius 3 is 2.79 bits per heavy atom. The third kappa shape index (κ3) is 3.36. The van der Waals surface area contributed by atoms with E-state index in [2.05, 4.69) is 44.3 Å². The monoisotopic (exact) mass is 396 g/mol. The van der Waals surface area contributed by atoms with Crippen LogP contribution in [0.25, 0.3) is 22.3 Å². The fraction of sp³-hybridized carbons (Fsp3) is 0.300. The number of carbonyl (C=O) groups is 1. The van der Waals surface area contributed by atoms with Gasteiger partial charge in [0.15, 0.2) is 6.29 Å². The van der Waals surface area contributed by atoms with Gasteiger partial charge >= 0.3 is 0 Å². The molecule has 0 spiro atoms. The molecule has 0 saturated carbocycles. The van der Waals surface area contributed by atoms with Crippen LogP contribution in [0, 0.1) is 0 Å². The molecule has 0 atom stereocenters. The van der Waals surface area contributed by atoms with Gasteiger partial charge in [0.25, 0.3) is 0 Å². The molecule has 1 fully saturated rings. The first-order valence-corrected chi connectivity index (χ1v) is 10.1. The molecule has 0 unspecified atom stereocenters. The van der Waals surface area contributed by atoms with Crippen LogP contribution in [-0.2, 0) is 4.79 Å². The number of benzene rings is 1. The Labute approximate surface area is 167 Å². The number of thiophene rings is 1. The summed E-state index contributed by atoms with van der Waals surface area (Å²) in [6.07, 6.45) is 0.769. The molecule has 0 bridgehead atoms. The number of aldehydes is 1. The van der Waals surface area contributed by atoms with Gasteiger partial charge in [-0.05, 0) is 36.7 Å². The normalized spacial score (nSPS) is 16.3. The molecule has 3 aromatic rings. The van der Waals surface area contributed by atoms with Crippen molar-refractivity contribution in [3.63, 3.8) is 0 Å². The Morgan fingerprint density at radius 2 is 2.07 bits per heavy atom. The van der Waals surface area contributed by atoms with Crippen molar-refractivity contribution in [3.8, 4) is 0 Å². The number of nitrogens with one attached hydrogen (secondary N) is 2. The molecule has 8 heteroatoms. The second kappa shape index (κ2) is 7.65. The predicted molar refractivity (Wildman–Crippen MR) is 117 cm³/mol. The first-order valence-electron chi connectivity index (χ1n) is 9.25. The first-order chi connectivity index (χ1) is 13.6. The van der Waals surface area contributed by atoms with Gasteiger partial charge in [0, 0.05) is 44.5 Å². The van der Waals surface area contributed by atoms with E-state index in [4.69, 9.17) is 5.73 Å². The van der Waals surface area contributed by atoms with Crippen molar-refractivity contribution in [2.75, 3.05) is 50.5 Å². The maximum absolute atomic E-state index is 11.8. The van der Waals surface area contributed by atoms with Crippen LogP contribution in [0.4, 0.5) is 10.7 Å². The lowest BCUT2D eigenvalue weighted by Gasteiger charge is -2.34. The Morgan fingerprint density at radius 1 is 1.29 bits per heavy atom. The maximum Gasteiger partial charge on any atom is 0.155 e. The van der Waals surface area contributed by atoms with Crippen LogP contribution in [0.1, 0.15) is 11.4 Å². The minimum absolute atomic E-state index is 0.368. The Bertz CT molecular complexity index is 1030. The van der Waals surface area contributed by atoms with Gasteiger partial charge in [-0.25, -0.2) is 4.98 Å². The van der Waals surface area contributed by atoms with E-state index in [1.807, 2.05) is 24.6 Å². The van der Waals surface area contributed by atoms with E-state index >= 15 is 0 Å². The molecule has 4 rings (SSSR count). The average molecular weight is 397 g/mol. The third-order valence-corrected chi connectivity index (χ3v) is 6.11. The summed E-state index contributed by atoms with van der Waals surface area (Å²) in [6.45, 7) is 4.10. The number of rotatable bonds is 5. The number of H-pyrrole nitrogens is 1. The van der Waals surface area contributed by atoms with Gasteiger partial charge in [-0.2, -0.15) is 0 Å². The summed E-state index contributed by atoms with van der Waals surface area (Å²) < 4.78 is 0. The highest BCUT2D eigenvalue weighted by molar-refractivity contribution is 7.14. The number of hydrogen-bond donors (Lipinski definition) is 3. The highest BCUT2D eigenvalue weighted by Crippen LogP contribution is 2.31. The van der Waals surface area contributed by atoms with Crippen molar-refractivity contribution in [1.29, 1.82) is 0 Å². The van der Waals surface area contributed by atoms with Crippen LogP contribution < -0.4 is 16.0 Å². The zero-order valence-electron chi connectivity index (χ0n) is 16.0. The lowest BCUT2D eigenvalue weighted by molar-refractivity contribution is -0.103. The quantitative estimate of drug-likeness (QED) is 0.453. The summed E-state index contributed by atoms with van der Waals surface area (Å²) in [5.74, 6) is 0.492. The lowest BCUT2D eigenvalue weighted by atomic mass is 10.1. The molecule has 1 aliphatic rings. The molecular weight excluding hydrogens is 372 g/mol. The molecular formula is C20H24N6OS. The Kier molecular flexibility index (Phi) is 5.06. The van der Waals surface area contributed by atoms with E-state index in [1.165, 1.54) is 0 Å². The number of aromatic nitrogens is 2. The lowest BCUT2D eigenvalue weighted by Crippen LogP contribution is -2.44. The maximum atomic E-state index is 11.8. The fourth-order valence-electron chi connectivity index (χ4n) is 3.49. The van der Waals surface area contributed by atoms with Gasteiger partial charge in [-0.3, -0.25) is 4.79 Å². The molecule has 1 aromatic carbocycles. The second-order valence-corrected chi connectivity index (χ2v) is 7.85. The molecule has 4 N–H and O–H groups in total. The summed E-state index contributed by atoms with van der Waals surface area (Å²) in [6, 6.07) is 8.08. The van der Waals surface area contributed by atoms with Crippen molar-refractivity contribution < 1.29 is 4.79 Å². The van der Waals surface area contributed by atoms with Crippen LogP contribution in [0.15, 0.2) is 29.6 Å². The summed E-state index contributed by atoms with van der Waals surface area (Å²) in [4.78, 5) is 24.4. The molecule has 0 aliphatic carbocycles. The van der Waals surface area contributed by atoms with E-state index in [9.17, 15) is 4.79 Å². The van der Waals surface area contributed by atoms with Crippen molar-refractivity contribution in [2.45, 2.75) is 0 Å². The number of fused-ring (bicyclic) bond motifs is 1. The number of hydrogen-bond acceptors (Lipinski definition) is 7. The van der Waals surface area contributed by atoms with Crippen molar-refractivity contribution >= 4 is 50.6 Å². The molecule has 0 radical (unpaired) electrons. The number of imidazole rings is 1. The zero-order valence-corrected chi connectivity index (χ0v) is 16.8. The molecule has 28 heavy (non-hydrogen) atoms. The highest BCUT2D eigenvalue weighted by atomic mass is 32.1. The summed E-state index contributed by atoms with van der Waals surface area (Å²) >= 11 is 1.54. The van der Waals surface area contributed by atoms with E-state index in [0.717, 1.165) is 59.8 Å². The summed E-state index contributed by atoms with van der Waals surface area (Å²) in [7, 11) is 3.98. The number of anilines is 2. The van der Waals surface area contributed by atoms with Crippen LogP contribution in [0.3, 0.4) is 0 Å². The summed E-state index contributed by atoms with van der Waals surface area (Å²) in [5, 5.41) is 5.97. The molecule has 7 nitrogen and oxygen atoms in total. The SMILES string of the molecule is CNc1sccc1/C(N)=C(\C=O)c1nc2ccc(N3CCN(C)CC3)cc2[nH]1.